The summed E-state index contributed by atoms with van der Waals surface area (Å²) in [5, 5.41) is 11.5. The molecule has 0 saturated heterocycles. The Bertz CT molecular complexity index is 298. The first kappa shape index (κ1) is 13.8. The molecule has 0 bridgehead atoms. The van der Waals surface area contributed by atoms with Crippen LogP contribution in [-0.2, 0) is 4.79 Å². The Balaban J connectivity index is 2.54. The standard InChI is InChI=1S/C12H22N2O3/c1-4-7-14(8-9-5-6-9)11(17)13-12(2,3)10(15)16/h9H,4-8H2,1-3H3,(H,13,17)(H,15,16). The molecular weight excluding hydrogens is 220 g/mol. The molecule has 0 aromatic carbocycles. The van der Waals surface area contributed by atoms with Crippen LogP contribution in [0.2, 0.25) is 0 Å². The lowest BCUT2D eigenvalue weighted by Crippen LogP contribution is -2.54. The number of aliphatic carboxylic acids is 1. The van der Waals surface area contributed by atoms with Crippen LogP contribution in [0.5, 0.6) is 0 Å². The van der Waals surface area contributed by atoms with Crippen LogP contribution in [0.25, 0.3) is 0 Å². The minimum absolute atomic E-state index is 0.272. The molecule has 98 valence electrons. The van der Waals surface area contributed by atoms with E-state index in [1.165, 1.54) is 26.7 Å². The number of carboxylic acid groups (broad SMARTS) is 1. The topological polar surface area (TPSA) is 69.6 Å². The van der Waals surface area contributed by atoms with Crippen molar-refractivity contribution >= 4 is 12.0 Å². The lowest BCUT2D eigenvalue weighted by atomic mass is 10.1. The summed E-state index contributed by atoms with van der Waals surface area (Å²) in [6.45, 7) is 6.42. The fraction of sp³-hybridized carbons (Fsp3) is 0.833. The van der Waals surface area contributed by atoms with Gasteiger partial charge in [-0.1, -0.05) is 6.92 Å². The van der Waals surface area contributed by atoms with Crippen LogP contribution in [-0.4, -0.2) is 40.6 Å². The molecule has 1 aliphatic carbocycles. The average Bonchev–Trinajstić information content (AvgIpc) is 3.00. The first-order valence-corrected chi connectivity index (χ1v) is 6.17. The van der Waals surface area contributed by atoms with E-state index in [0.29, 0.717) is 12.5 Å². The summed E-state index contributed by atoms with van der Waals surface area (Å²) in [6.07, 6.45) is 3.24. The van der Waals surface area contributed by atoms with E-state index in [1.807, 2.05) is 6.92 Å². The number of carboxylic acids is 1. The van der Waals surface area contributed by atoms with Crippen LogP contribution >= 0.6 is 0 Å². The quantitative estimate of drug-likeness (QED) is 0.744. The predicted octanol–water partition coefficient (Wildman–Crippen LogP) is 1.68. The van der Waals surface area contributed by atoms with Gasteiger partial charge in [-0.05, 0) is 39.0 Å². The van der Waals surface area contributed by atoms with Gasteiger partial charge in [-0.15, -0.1) is 0 Å². The molecule has 1 rings (SSSR count). The first-order valence-electron chi connectivity index (χ1n) is 6.17. The average molecular weight is 242 g/mol. The van der Waals surface area contributed by atoms with E-state index in [2.05, 4.69) is 5.32 Å². The fourth-order valence-electron chi connectivity index (χ4n) is 1.56. The largest absolute Gasteiger partial charge is 0.480 e. The number of rotatable bonds is 6. The van der Waals surface area contributed by atoms with Gasteiger partial charge >= 0.3 is 12.0 Å². The summed E-state index contributed by atoms with van der Waals surface area (Å²) in [4.78, 5) is 24.6. The molecule has 0 aromatic heterocycles. The highest BCUT2D eigenvalue weighted by Crippen LogP contribution is 2.29. The SMILES string of the molecule is CCCN(CC1CC1)C(=O)NC(C)(C)C(=O)O. The van der Waals surface area contributed by atoms with Gasteiger partial charge in [-0.25, -0.2) is 9.59 Å². The van der Waals surface area contributed by atoms with Gasteiger partial charge in [0.25, 0.3) is 0 Å². The van der Waals surface area contributed by atoms with E-state index in [1.54, 1.807) is 4.90 Å². The van der Waals surface area contributed by atoms with Crippen molar-refractivity contribution in [2.75, 3.05) is 13.1 Å². The van der Waals surface area contributed by atoms with Crippen molar-refractivity contribution in [1.29, 1.82) is 0 Å². The molecule has 17 heavy (non-hydrogen) atoms. The minimum atomic E-state index is -1.22. The normalized spacial score (nSPS) is 15.5. The molecular formula is C12H22N2O3. The van der Waals surface area contributed by atoms with Gasteiger partial charge in [0.1, 0.15) is 5.54 Å². The van der Waals surface area contributed by atoms with Gasteiger partial charge in [-0.2, -0.15) is 0 Å². The van der Waals surface area contributed by atoms with Gasteiger partial charge in [0.05, 0.1) is 0 Å². The number of amides is 2. The number of carbonyl (C=O) groups excluding carboxylic acids is 1. The monoisotopic (exact) mass is 242 g/mol. The predicted molar refractivity (Wildman–Crippen MR) is 64.8 cm³/mol. The Hall–Kier alpha value is -1.26. The van der Waals surface area contributed by atoms with Crippen molar-refractivity contribution in [1.82, 2.24) is 10.2 Å². The zero-order valence-electron chi connectivity index (χ0n) is 10.8. The highest BCUT2D eigenvalue weighted by atomic mass is 16.4. The fourth-order valence-corrected chi connectivity index (χ4v) is 1.56. The molecule has 0 unspecified atom stereocenters. The summed E-state index contributed by atoms with van der Waals surface area (Å²) >= 11 is 0. The summed E-state index contributed by atoms with van der Waals surface area (Å²) in [6, 6.07) is -0.272. The third-order valence-electron chi connectivity index (χ3n) is 2.91. The third kappa shape index (κ3) is 4.24. The van der Waals surface area contributed by atoms with Crippen molar-refractivity contribution in [2.24, 2.45) is 5.92 Å². The molecule has 5 heteroatoms. The Morgan fingerprint density at radius 1 is 1.41 bits per heavy atom. The Kier molecular flexibility index (Phi) is 4.37. The van der Waals surface area contributed by atoms with Crippen LogP contribution in [0.15, 0.2) is 0 Å². The summed E-state index contributed by atoms with van der Waals surface area (Å²) in [5.41, 5.74) is -1.22. The zero-order chi connectivity index (χ0) is 13.1. The highest BCUT2D eigenvalue weighted by molar-refractivity contribution is 5.85. The van der Waals surface area contributed by atoms with Crippen molar-refractivity contribution in [3.05, 3.63) is 0 Å². The number of nitrogens with zero attached hydrogens (tertiary/aromatic N) is 1. The maximum atomic E-state index is 12.0. The number of nitrogens with one attached hydrogen (secondary N) is 1. The van der Waals surface area contributed by atoms with Gasteiger partial charge in [0.2, 0.25) is 0 Å². The number of hydrogen-bond acceptors (Lipinski definition) is 2. The van der Waals surface area contributed by atoms with Gasteiger partial charge in [-0.3, -0.25) is 0 Å². The second-order valence-electron chi connectivity index (χ2n) is 5.25. The van der Waals surface area contributed by atoms with Gasteiger partial charge < -0.3 is 15.3 Å². The number of urea groups is 1. The van der Waals surface area contributed by atoms with E-state index in [-0.39, 0.29) is 6.03 Å². The summed E-state index contributed by atoms with van der Waals surface area (Å²) < 4.78 is 0. The Morgan fingerprint density at radius 3 is 2.41 bits per heavy atom. The van der Waals surface area contributed by atoms with Crippen LogP contribution in [0.4, 0.5) is 4.79 Å². The lowest BCUT2D eigenvalue weighted by molar-refractivity contribution is -0.143. The highest BCUT2D eigenvalue weighted by Gasteiger charge is 2.32. The Morgan fingerprint density at radius 2 is 2.00 bits per heavy atom. The third-order valence-corrected chi connectivity index (χ3v) is 2.91. The minimum Gasteiger partial charge on any atom is -0.480 e. The smallest absolute Gasteiger partial charge is 0.328 e. The first-order chi connectivity index (χ1) is 7.86. The van der Waals surface area contributed by atoms with Crippen LogP contribution < -0.4 is 5.32 Å². The number of carbonyl (C=O) groups is 2. The van der Waals surface area contributed by atoms with Crippen molar-refractivity contribution in [3.63, 3.8) is 0 Å². The van der Waals surface area contributed by atoms with Crippen molar-refractivity contribution in [2.45, 2.75) is 45.6 Å². The molecule has 1 saturated carbocycles. The van der Waals surface area contributed by atoms with E-state index in [9.17, 15) is 9.59 Å². The van der Waals surface area contributed by atoms with Crippen molar-refractivity contribution < 1.29 is 14.7 Å². The molecule has 0 aliphatic heterocycles. The maximum absolute atomic E-state index is 12.0. The number of hydrogen-bond donors (Lipinski definition) is 2. The molecule has 2 N–H and O–H groups in total. The van der Waals surface area contributed by atoms with E-state index in [4.69, 9.17) is 5.11 Å². The maximum Gasteiger partial charge on any atom is 0.328 e. The summed E-state index contributed by atoms with van der Waals surface area (Å²) in [5.74, 6) is -0.408. The summed E-state index contributed by atoms with van der Waals surface area (Å²) in [7, 11) is 0. The molecule has 5 nitrogen and oxygen atoms in total. The van der Waals surface area contributed by atoms with Crippen molar-refractivity contribution in [3.8, 4) is 0 Å². The van der Waals surface area contributed by atoms with Gasteiger partial charge in [0.15, 0.2) is 0 Å². The molecule has 1 aliphatic rings. The second-order valence-corrected chi connectivity index (χ2v) is 5.25. The van der Waals surface area contributed by atoms with Crippen LogP contribution in [0, 0.1) is 5.92 Å². The molecule has 0 spiro atoms. The second kappa shape index (κ2) is 5.38. The van der Waals surface area contributed by atoms with Gasteiger partial charge in [0, 0.05) is 13.1 Å². The van der Waals surface area contributed by atoms with Crippen LogP contribution in [0.1, 0.15) is 40.0 Å². The molecule has 2 amide bonds. The lowest BCUT2D eigenvalue weighted by Gasteiger charge is -2.28. The zero-order valence-corrected chi connectivity index (χ0v) is 10.8. The van der Waals surface area contributed by atoms with Crippen LogP contribution in [0.3, 0.4) is 0 Å². The molecule has 0 heterocycles. The van der Waals surface area contributed by atoms with E-state index < -0.39 is 11.5 Å². The van der Waals surface area contributed by atoms with E-state index in [0.717, 1.165) is 13.0 Å². The molecule has 0 aromatic rings. The Labute approximate surface area is 102 Å². The molecule has 0 radical (unpaired) electrons. The molecule has 0 atom stereocenters. The van der Waals surface area contributed by atoms with E-state index >= 15 is 0 Å². The molecule has 1 fully saturated rings.